The number of nitrogens with zero attached hydrogens (tertiary/aromatic N) is 6. The summed E-state index contributed by atoms with van der Waals surface area (Å²) in [5.41, 5.74) is -1.00. The average Bonchev–Trinajstić information content (AvgIpc) is 4.08. The smallest absolute Gasteiger partial charge is 0.102 e. The molecule has 8 fully saturated rings. The average molecular weight is 879 g/mol. The fraction of sp³-hybridized carbons (Fsp3) is 0.852. The molecule has 18 atom stereocenters. The van der Waals surface area contributed by atoms with Gasteiger partial charge in [0.1, 0.15) is 12.1 Å². The standard InChI is InChI=1S/2C27H41N3O2/c2*1-4-27(32)12-10-20-19(13-27)5-6-22-21(20)9-11-25(2)23(22)7-8-24(25)26(3,31)17-30-16-18(14-28)15-29-30/h2*15-16,19-24,31-32H,4-13,17H2,1-3H3/t19-,20-,21+,22+,23-,24-,25-,26+,27+;19-,20-,21+,22+,23-,24-,25-,26-,27+/m00/s1. The first kappa shape index (κ1) is 46.4. The van der Waals surface area contributed by atoms with Crippen LogP contribution in [0.15, 0.2) is 24.8 Å². The molecule has 0 aromatic carbocycles. The Morgan fingerprint density at radius 3 is 1.33 bits per heavy atom. The zero-order valence-corrected chi connectivity index (χ0v) is 40.3. The van der Waals surface area contributed by atoms with E-state index in [-0.39, 0.29) is 22.7 Å². The summed E-state index contributed by atoms with van der Waals surface area (Å²) in [5, 5.41) is 72.0. The molecule has 4 N–H and O–H groups in total. The van der Waals surface area contributed by atoms with E-state index in [0.717, 1.165) is 86.9 Å². The van der Waals surface area contributed by atoms with E-state index in [1.165, 1.54) is 77.0 Å². The third-order valence-electron chi connectivity index (χ3n) is 21.5. The monoisotopic (exact) mass is 879 g/mol. The second-order valence-corrected chi connectivity index (χ2v) is 24.7. The molecule has 2 aromatic rings. The van der Waals surface area contributed by atoms with Crippen molar-refractivity contribution in [2.75, 3.05) is 0 Å². The maximum absolute atomic E-state index is 11.7. The minimum atomic E-state index is -0.825. The Labute approximate surface area is 384 Å². The van der Waals surface area contributed by atoms with E-state index in [4.69, 9.17) is 10.5 Å². The molecule has 8 aliphatic carbocycles. The van der Waals surface area contributed by atoms with Gasteiger partial charge in [0.15, 0.2) is 0 Å². The number of fused-ring (bicyclic) bond motifs is 10. The molecule has 2 heterocycles. The van der Waals surface area contributed by atoms with Gasteiger partial charge in [-0.25, -0.2) is 0 Å². The Kier molecular flexibility index (Phi) is 12.4. The Morgan fingerprint density at radius 1 is 0.578 bits per heavy atom. The van der Waals surface area contributed by atoms with Crippen LogP contribution in [-0.4, -0.2) is 62.4 Å². The Morgan fingerprint density at radius 2 is 0.969 bits per heavy atom. The normalized spacial score (nSPS) is 45.2. The van der Waals surface area contributed by atoms with E-state index in [1.807, 2.05) is 13.8 Å². The molecule has 10 rings (SSSR count). The van der Waals surface area contributed by atoms with Gasteiger partial charge in [-0.15, -0.1) is 0 Å². The molecule has 64 heavy (non-hydrogen) atoms. The molecule has 0 spiro atoms. The van der Waals surface area contributed by atoms with E-state index < -0.39 is 22.4 Å². The number of aliphatic hydroxyl groups is 4. The Balaban J connectivity index is 0.000000162. The van der Waals surface area contributed by atoms with Crippen LogP contribution in [0.25, 0.3) is 0 Å². The summed E-state index contributed by atoms with van der Waals surface area (Å²) in [6.45, 7) is 14.1. The first-order valence-electron chi connectivity index (χ1n) is 26.1. The quantitative estimate of drug-likeness (QED) is 0.204. The van der Waals surface area contributed by atoms with Crippen LogP contribution in [-0.2, 0) is 13.1 Å². The van der Waals surface area contributed by atoms with Crippen LogP contribution in [0.4, 0.5) is 0 Å². The van der Waals surface area contributed by atoms with Gasteiger partial charge in [-0.3, -0.25) is 9.36 Å². The lowest BCUT2D eigenvalue weighted by molar-refractivity contribution is -0.129. The molecule has 0 radical (unpaired) electrons. The highest BCUT2D eigenvalue weighted by Gasteiger charge is 2.62. The van der Waals surface area contributed by atoms with Gasteiger partial charge in [0.25, 0.3) is 0 Å². The van der Waals surface area contributed by atoms with Gasteiger partial charge in [0, 0.05) is 12.4 Å². The highest BCUT2D eigenvalue weighted by atomic mass is 16.3. The molecule has 2 aromatic heterocycles. The molecule has 0 bridgehead atoms. The minimum Gasteiger partial charge on any atom is -0.390 e. The van der Waals surface area contributed by atoms with E-state index >= 15 is 0 Å². The first-order chi connectivity index (χ1) is 30.4. The SMILES string of the molecule is CC[C@@]1(O)CC[C@H]2[C@@H](CC[C@@H]3[C@@H]2CC[C@@]2(C)[C@H]3CC[C@@H]2[C@@](C)(O)Cn2cc(C#N)cn2)C1.CC[C@@]1(O)CC[C@H]2[C@@H](CC[C@@H]3[C@@H]2CC[C@@]2(C)[C@H]3CC[C@@H]2[C@](C)(O)Cn2cc(C#N)cn2)C1. The van der Waals surface area contributed by atoms with Crippen molar-refractivity contribution in [1.82, 2.24) is 19.6 Å². The van der Waals surface area contributed by atoms with Gasteiger partial charge in [-0.2, -0.15) is 20.7 Å². The second kappa shape index (κ2) is 17.1. The summed E-state index contributed by atoms with van der Waals surface area (Å²) in [6, 6.07) is 4.27. The fourth-order valence-corrected chi connectivity index (χ4v) is 18.5. The van der Waals surface area contributed by atoms with Crippen molar-refractivity contribution in [1.29, 1.82) is 10.5 Å². The lowest BCUT2D eigenvalue weighted by Gasteiger charge is -2.58. The van der Waals surface area contributed by atoms with Crippen molar-refractivity contribution in [2.45, 2.75) is 205 Å². The summed E-state index contributed by atoms with van der Waals surface area (Å²) >= 11 is 0. The molecule has 0 saturated heterocycles. The highest BCUT2D eigenvalue weighted by molar-refractivity contribution is 5.23. The van der Waals surface area contributed by atoms with Gasteiger partial charge in [0.05, 0.1) is 59.0 Å². The van der Waals surface area contributed by atoms with Crippen LogP contribution >= 0.6 is 0 Å². The maximum atomic E-state index is 11.7. The molecule has 0 amide bonds. The van der Waals surface area contributed by atoms with Gasteiger partial charge in [0.2, 0.25) is 0 Å². The molecule has 10 nitrogen and oxygen atoms in total. The Bertz CT molecular complexity index is 1920. The van der Waals surface area contributed by atoms with Gasteiger partial charge >= 0.3 is 0 Å². The summed E-state index contributed by atoms with van der Waals surface area (Å²) in [7, 11) is 0. The van der Waals surface area contributed by atoms with Crippen LogP contribution in [0.3, 0.4) is 0 Å². The van der Waals surface area contributed by atoms with Crippen LogP contribution in [0.1, 0.15) is 181 Å². The second-order valence-electron chi connectivity index (χ2n) is 24.7. The largest absolute Gasteiger partial charge is 0.390 e. The lowest BCUT2D eigenvalue weighted by Crippen LogP contribution is -2.53. The van der Waals surface area contributed by atoms with Crippen molar-refractivity contribution in [3.05, 3.63) is 35.9 Å². The number of hydrogen-bond donors (Lipinski definition) is 4. The zero-order valence-electron chi connectivity index (χ0n) is 40.3. The molecule has 10 heteroatoms. The lowest BCUT2D eigenvalue weighted by atomic mass is 9.48. The van der Waals surface area contributed by atoms with Crippen molar-refractivity contribution < 1.29 is 20.4 Å². The van der Waals surface area contributed by atoms with Gasteiger partial charge in [-0.1, -0.05) is 27.7 Å². The molecule has 0 unspecified atom stereocenters. The van der Waals surface area contributed by atoms with Crippen molar-refractivity contribution in [3.63, 3.8) is 0 Å². The highest BCUT2D eigenvalue weighted by Crippen LogP contribution is 2.68. The number of aromatic nitrogens is 4. The van der Waals surface area contributed by atoms with Crippen LogP contribution < -0.4 is 0 Å². The van der Waals surface area contributed by atoms with Crippen LogP contribution in [0.2, 0.25) is 0 Å². The number of rotatable bonds is 8. The summed E-state index contributed by atoms with van der Waals surface area (Å²) in [5.74, 6) is 8.21. The molecule has 8 saturated carbocycles. The van der Waals surface area contributed by atoms with Crippen LogP contribution in [0, 0.1) is 105 Å². The summed E-state index contributed by atoms with van der Waals surface area (Å²) in [6.07, 6.45) is 29.7. The van der Waals surface area contributed by atoms with E-state index in [9.17, 15) is 20.4 Å². The number of nitriles is 2. The minimum absolute atomic E-state index is 0.182. The predicted octanol–water partition coefficient (Wildman–Crippen LogP) is 9.83. The first-order valence-corrected chi connectivity index (χ1v) is 26.1. The molecular formula is C54H82N6O4. The van der Waals surface area contributed by atoms with E-state index in [1.54, 1.807) is 34.2 Å². The molecule has 0 aliphatic heterocycles. The third kappa shape index (κ3) is 8.13. The predicted molar refractivity (Wildman–Crippen MR) is 247 cm³/mol. The topological polar surface area (TPSA) is 164 Å². The van der Waals surface area contributed by atoms with Crippen molar-refractivity contribution >= 4 is 0 Å². The zero-order chi connectivity index (χ0) is 45.5. The van der Waals surface area contributed by atoms with Gasteiger partial charge < -0.3 is 20.4 Å². The third-order valence-corrected chi connectivity index (χ3v) is 21.5. The summed E-state index contributed by atoms with van der Waals surface area (Å²) in [4.78, 5) is 0. The molecule has 8 aliphatic rings. The maximum Gasteiger partial charge on any atom is 0.102 e. The molecular weight excluding hydrogens is 797 g/mol. The van der Waals surface area contributed by atoms with E-state index in [2.05, 4.69) is 50.0 Å². The van der Waals surface area contributed by atoms with Crippen molar-refractivity contribution in [2.24, 2.45) is 81.8 Å². The van der Waals surface area contributed by atoms with Gasteiger partial charge in [-0.05, 0) is 224 Å². The van der Waals surface area contributed by atoms with E-state index in [0.29, 0.717) is 47.9 Å². The fourth-order valence-electron chi connectivity index (χ4n) is 18.5. The van der Waals surface area contributed by atoms with Crippen molar-refractivity contribution in [3.8, 4) is 12.1 Å². The summed E-state index contributed by atoms with van der Waals surface area (Å²) < 4.78 is 3.51. The Hall–Kier alpha value is -2.76. The van der Waals surface area contributed by atoms with Crippen LogP contribution in [0.5, 0.6) is 0 Å². The number of hydrogen-bond acceptors (Lipinski definition) is 8. The molecule has 352 valence electrons.